The van der Waals surface area contributed by atoms with Crippen molar-refractivity contribution in [2.45, 2.75) is 50.6 Å². The number of carbonyl (C=O) groups excluding carboxylic acids is 1. The highest BCUT2D eigenvalue weighted by Crippen LogP contribution is 2.27. The third-order valence-corrected chi connectivity index (χ3v) is 4.29. The Balaban J connectivity index is 1.87. The molecule has 1 amide bonds. The van der Waals surface area contributed by atoms with E-state index in [-0.39, 0.29) is 5.91 Å². The Kier molecular flexibility index (Phi) is 4.78. The minimum absolute atomic E-state index is 0.00259. The monoisotopic (exact) mass is 264 g/mol. The van der Waals surface area contributed by atoms with Crippen LogP contribution < -0.4 is 10.6 Å². The van der Waals surface area contributed by atoms with Crippen LogP contribution in [0.5, 0.6) is 0 Å². The van der Waals surface area contributed by atoms with Crippen molar-refractivity contribution >= 4 is 5.91 Å². The number of piperazine rings is 1. The molecule has 19 heavy (non-hydrogen) atoms. The van der Waals surface area contributed by atoms with Gasteiger partial charge in [0.15, 0.2) is 0 Å². The summed E-state index contributed by atoms with van der Waals surface area (Å²) in [5.74, 6) is -0.00259. The predicted octanol–water partition coefficient (Wildman–Crippen LogP) is 0.623. The smallest absolute Gasteiger partial charge is 0.235 e. The van der Waals surface area contributed by atoms with E-state index < -0.39 is 5.54 Å². The first-order chi connectivity index (χ1) is 9.15. The van der Waals surface area contributed by atoms with Gasteiger partial charge in [-0.15, -0.1) is 0 Å². The summed E-state index contributed by atoms with van der Waals surface area (Å²) in [6, 6.07) is 2.71. The SMILES string of the molecule is C[C@@H]1CNCCN1CC(=O)NC1(C#N)CCCCC1. The number of amides is 1. The third-order valence-electron chi connectivity index (χ3n) is 4.29. The standard InChI is InChI=1S/C14H24N4O/c1-12-9-16-7-8-18(12)10-13(19)17-14(11-15)5-3-2-4-6-14/h12,16H,2-10H2,1H3,(H,17,19)/t12-/m1/s1. The lowest BCUT2D eigenvalue weighted by Crippen LogP contribution is -2.56. The van der Waals surface area contributed by atoms with Gasteiger partial charge in [-0.3, -0.25) is 9.69 Å². The first-order valence-electron chi connectivity index (χ1n) is 7.32. The fourth-order valence-electron chi connectivity index (χ4n) is 3.03. The molecule has 0 aromatic carbocycles. The van der Waals surface area contributed by atoms with Gasteiger partial charge in [0.05, 0.1) is 12.6 Å². The van der Waals surface area contributed by atoms with Crippen LogP contribution in [0.25, 0.3) is 0 Å². The number of hydrogen-bond acceptors (Lipinski definition) is 4. The van der Waals surface area contributed by atoms with Crippen molar-refractivity contribution in [1.82, 2.24) is 15.5 Å². The highest BCUT2D eigenvalue weighted by molar-refractivity contribution is 5.79. The highest BCUT2D eigenvalue weighted by atomic mass is 16.2. The molecule has 2 fully saturated rings. The quantitative estimate of drug-likeness (QED) is 0.784. The molecule has 1 saturated heterocycles. The zero-order valence-corrected chi connectivity index (χ0v) is 11.7. The number of nitrogens with one attached hydrogen (secondary N) is 2. The first kappa shape index (κ1) is 14.3. The Bertz CT molecular complexity index is 357. The maximum Gasteiger partial charge on any atom is 0.235 e. The molecule has 0 spiro atoms. The molecule has 0 radical (unpaired) electrons. The molecule has 0 aromatic heterocycles. The molecule has 2 aliphatic rings. The summed E-state index contributed by atoms with van der Waals surface area (Å²) in [4.78, 5) is 14.3. The van der Waals surface area contributed by atoms with E-state index in [4.69, 9.17) is 0 Å². The van der Waals surface area contributed by atoms with Crippen LogP contribution in [0.1, 0.15) is 39.0 Å². The average molecular weight is 264 g/mol. The number of carbonyl (C=O) groups is 1. The number of nitriles is 1. The van der Waals surface area contributed by atoms with Gasteiger partial charge >= 0.3 is 0 Å². The summed E-state index contributed by atoms with van der Waals surface area (Å²) in [6.45, 7) is 5.29. The van der Waals surface area contributed by atoms with Gasteiger partial charge in [-0.1, -0.05) is 19.3 Å². The van der Waals surface area contributed by atoms with Gasteiger partial charge in [0.2, 0.25) is 5.91 Å². The zero-order chi connectivity index (χ0) is 13.7. The average Bonchev–Trinajstić information content (AvgIpc) is 2.42. The molecule has 1 heterocycles. The van der Waals surface area contributed by atoms with E-state index in [0.29, 0.717) is 12.6 Å². The van der Waals surface area contributed by atoms with Crippen LogP contribution in [0.15, 0.2) is 0 Å². The van der Waals surface area contributed by atoms with Crippen LogP contribution in [0, 0.1) is 11.3 Å². The van der Waals surface area contributed by atoms with Gasteiger partial charge < -0.3 is 10.6 Å². The largest absolute Gasteiger partial charge is 0.337 e. The lowest BCUT2D eigenvalue weighted by atomic mass is 9.83. The highest BCUT2D eigenvalue weighted by Gasteiger charge is 2.34. The summed E-state index contributed by atoms with van der Waals surface area (Å²) in [5, 5.41) is 15.7. The normalized spacial score (nSPS) is 27.5. The summed E-state index contributed by atoms with van der Waals surface area (Å²) in [6.07, 6.45) is 4.85. The second kappa shape index (κ2) is 6.36. The Morgan fingerprint density at radius 2 is 2.21 bits per heavy atom. The van der Waals surface area contributed by atoms with E-state index in [2.05, 4.69) is 28.5 Å². The molecule has 1 saturated carbocycles. The lowest BCUT2D eigenvalue weighted by molar-refractivity contribution is -0.124. The maximum atomic E-state index is 12.2. The second-order valence-electron chi connectivity index (χ2n) is 5.83. The Morgan fingerprint density at radius 1 is 1.47 bits per heavy atom. The Morgan fingerprint density at radius 3 is 2.84 bits per heavy atom. The summed E-state index contributed by atoms with van der Waals surface area (Å²) < 4.78 is 0. The minimum Gasteiger partial charge on any atom is -0.337 e. The maximum absolute atomic E-state index is 12.2. The van der Waals surface area contributed by atoms with Crippen molar-refractivity contribution in [3.63, 3.8) is 0 Å². The molecule has 0 aromatic rings. The van der Waals surface area contributed by atoms with Crippen LogP contribution in [0.2, 0.25) is 0 Å². The number of nitrogens with zero attached hydrogens (tertiary/aromatic N) is 2. The van der Waals surface area contributed by atoms with E-state index in [0.717, 1.165) is 45.3 Å². The van der Waals surface area contributed by atoms with Crippen molar-refractivity contribution < 1.29 is 4.79 Å². The molecule has 2 rings (SSSR count). The van der Waals surface area contributed by atoms with E-state index in [1.165, 1.54) is 6.42 Å². The fraction of sp³-hybridized carbons (Fsp3) is 0.857. The number of rotatable bonds is 3. The molecule has 1 aliphatic carbocycles. The molecular weight excluding hydrogens is 240 g/mol. The van der Waals surface area contributed by atoms with Crippen LogP contribution in [0.4, 0.5) is 0 Å². The van der Waals surface area contributed by atoms with E-state index in [1.54, 1.807) is 0 Å². The molecule has 5 heteroatoms. The molecule has 1 atom stereocenters. The van der Waals surface area contributed by atoms with Crippen molar-refractivity contribution in [2.75, 3.05) is 26.2 Å². The molecule has 1 aliphatic heterocycles. The van der Waals surface area contributed by atoms with Crippen LogP contribution >= 0.6 is 0 Å². The van der Waals surface area contributed by atoms with Crippen LogP contribution in [0.3, 0.4) is 0 Å². The van der Waals surface area contributed by atoms with Gasteiger partial charge in [-0.05, 0) is 19.8 Å². The van der Waals surface area contributed by atoms with E-state index >= 15 is 0 Å². The van der Waals surface area contributed by atoms with Crippen LogP contribution in [-0.2, 0) is 4.79 Å². The summed E-state index contributed by atoms with van der Waals surface area (Å²) in [5.41, 5.74) is -0.605. The van der Waals surface area contributed by atoms with Gasteiger partial charge in [-0.25, -0.2) is 0 Å². The first-order valence-corrected chi connectivity index (χ1v) is 7.32. The molecule has 0 unspecified atom stereocenters. The summed E-state index contributed by atoms with van der Waals surface area (Å²) in [7, 11) is 0. The van der Waals surface area contributed by atoms with Gasteiger partial charge in [0.1, 0.15) is 5.54 Å². The van der Waals surface area contributed by atoms with Gasteiger partial charge in [-0.2, -0.15) is 5.26 Å². The van der Waals surface area contributed by atoms with Crippen molar-refractivity contribution in [3.8, 4) is 6.07 Å². The van der Waals surface area contributed by atoms with Crippen molar-refractivity contribution in [3.05, 3.63) is 0 Å². The fourth-order valence-corrected chi connectivity index (χ4v) is 3.03. The molecule has 5 nitrogen and oxygen atoms in total. The lowest BCUT2D eigenvalue weighted by Gasteiger charge is -2.35. The third kappa shape index (κ3) is 3.68. The predicted molar refractivity (Wildman–Crippen MR) is 73.5 cm³/mol. The molecule has 2 N–H and O–H groups in total. The van der Waals surface area contributed by atoms with E-state index in [9.17, 15) is 10.1 Å². The molecule has 106 valence electrons. The second-order valence-corrected chi connectivity index (χ2v) is 5.83. The zero-order valence-electron chi connectivity index (χ0n) is 11.7. The Hall–Kier alpha value is -1.12. The van der Waals surface area contributed by atoms with Crippen LogP contribution in [-0.4, -0.2) is 48.6 Å². The molecular formula is C14H24N4O. The van der Waals surface area contributed by atoms with E-state index in [1.807, 2.05) is 0 Å². The minimum atomic E-state index is -0.605. The van der Waals surface area contributed by atoms with Crippen molar-refractivity contribution in [1.29, 1.82) is 5.26 Å². The van der Waals surface area contributed by atoms with Gasteiger partial charge in [0, 0.05) is 25.7 Å². The number of hydrogen-bond donors (Lipinski definition) is 2. The summed E-state index contributed by atoms with van der Waals surface area (Å²) >= 11 is 0. The Labute approximate surface area is 115 Å². The molecule has 0 bridgehead atoms. The van der Waals surface area contributed by atoms with Crippen molar-refractivity contribution in [2.24, 2.45) is 0 Å². The topological polar surface area (TPSA) is 68.2 Å². The van der Waals surface area contributed by atoms with Gasteiger partial charge in [0.25, 0.3) is 0 Å².